The zero-order valence-corrected chi connectivity index (χ0v) is 24.4. The van der Waals surface area contributed by atoms with E-state index < -0.39 is 5.97 Å². The summed E-state index contributed by atoms with van der Waals surface area (Å²) in [6, 6.07) is 12.5. The number of ether oxygens (including phenoxy) is 3. The second-order valence-corrected chi connectivity index (χ2v) is 11.2. The highest BCUT2D eigenvalue weighted by molar-refractivity contribution is 7.99. The normalized spacial score (nSPS) is 12.8. The summed E-state index contributed by atoms with van der Waals surface area (Å²) in [7, 11) is 2.88. The molecule has 0 aliphatic heterocycles. The standard InChI is InChI=1S/C29H28N4O6S2/c1-17(34)39-26-21(37-2)13-18(14-22(26)38-3)15-30-32-24(35)16-40-29-31-27-25(20-11-7-8-12-23(20)41-27)28(36)33(29)19-9-5-4-6-10-19/h4-6,9-10,13-15H,7-8,11-12,16H2,1-3H3,(H,32,35)/b30-15-. The van der Waals surface area contributed by atoms with E-state index >= 15 is 0 Å². The smallest absolute Gasteiger partial charge is 0.308 e. The molecule has 0 unspecified atom stereocenters. The lowest BCUT2D eigenvalue weighted by Gasteiger charge is -2.13. The number of rotatable bonds is 9. The van der Waals surface area contributed by atoms with Crippen LogP contribution < -0.4 is 25.2 Å². The molecular weight excluding hydrogens is 564 g/mol. The zero-order valence-electron chi connectivity index (χ0n) is 22.8. The number of aromatic nitrogens is 2. The maximum Gasteiger partial charge on any atom is 0.308 e. The Balaban J connectivity index is 1.35. The van der Waals surface area contributed by atoms with Crippen LogP contribution in [-0.4, -0.2) is 47.6 Å². The fourth-order valence-electron chi connectivity index (χ4n) is 4.65. The molecule has 12 heteroatoms. The van der Waals surface area contributed by atoms with Gasteiger partial charge in [-0.25, -0.2) is 10.4 Å². The molecule has 0 bridgehead atoms. The Morgan fingerprint density at radius 3 is 2.51 bits per heavy atom. The van der Waals surface area contributed by atoms with Gasteiger partial charge in [-0.2, -0.15) is 5.10 Å². The Kier molecular flexibility index (Phi) is 8.70. The van der Waals surface area contributed by atoms with E-state index in [0.29, 0.717) is 21.8 Å². The molecule has 0 spiro atoms. The molecule has 0 atom stereocenters. The van der Waals surface area contributed by atoms with Gasteiger partial charge in [-0.3, -0.25) is 19.0 Å². The molecule has 2 aromatic heterocycles. The van der Waals surface area contributed by atoms with Gasteiger partial charge < -0.3 is 14.2 Å². The van der Waals surface area contributed by atoms with Crippen molar-refractivity contribution in [1.29, 1.82) is 0 Å². The number of methoxy groups -OCH3 is 2. The number of carbonyl (C=O) groups is 2. The Morgan fingerprint density at radius 1 is 1.12 bits per heavy atom. The van der Waals surface area contributed by atoms with E-state index in [9.17, 15) is 14.4 Å². The van der Waals surface area contributed by atoms with Crippen molar-refractivity contribution in [2.45, 2.75) is 37.8 Å². The first kappa shape index (κ1) is 28.4. The third-order valence-electron chi connectivity index (χ3n) is 6.44. The fraction of sp³-hybridized carbons (Fsp3) is 0.276. The second-order valence-electron chi connectivity index (χ2n) is 9.19. The van der Waals surface area contributed by atoms with Gasteiger partial charge in [-0.15, -0.1) is 11.3 Å². The summed E-state index contributed by atoms with van der Waals surface area (Å²) >= 11 is 2.75. The Bertz CT molecular complexity index is 1670. The number of fused-ring (bicyclic) bond motifs is 3. The largest absolute Gasteiger partial charge is 0.493 e. The van der Waals surface area contributed by atoms with Crippen molar-refractivity contribution in [3.63, 3.8) is 0 Å². The van der Waals surface area contributed by atoms with E-state index in [4.69, 9.17) is 19.2 Å². The van der Waals surface area contributed by atoms with Crippen LogP contribution in [0.25, 0.3) is 15.9 Å². The van der Waals surface area contributed by atoms with E-state index in [-0.39, 0.29) is 34.5 Å². The highest BCUT2D eigenvalue weighted by Crippen LogP contribution is 2.38. The van der Waals surface area contributed by atoms with Gasteiger partial charge in [0, 0.05) is 17.4 Å². The highest BCUT2D eigenvalue weighted by Gasteiger charge is 2.23. The molecule has 0 fully saturated rings. The number of nitrogens with one attached hydrogen (secondary N) is 1. The predicted molar refractivity (Wildman–Crippen MR) is 159 cm³/mol. The van der Waals surface area contributed by atoms with Gasteiger partial charge in [0.2, 0.25) is 5.75 Å². The summed E-state index contributed by atoms with van der Waals surface area (Å²) in [5.41, 5.74) is 4.76. The van der Waals surface area contributed by atoms with Crippen LogP contribution in [0.3, 0.4) is 0 Å². The van der Waals surface area contributed by atoms with Crippen LogP contribution in [-0.2, 0) is 22.4 Å². The number of hydrogen-bond acceptors (Lipinski definition) is 10. The number of amides is 1. The zero-order chi connectivity index (χ0) is 28.9. The number of aryl methyl sites for hydroxylation is 2. The molecule has 4 aromatic rings. The number of nitrogens with zero attached hydrogens (tertiary/aromatic N) is 3. The number of carbonyl (C=O) groups excluding carboxylic acids is 2. The number of thioether (sulfide) groups is 1. The van der Waals surface area contributed by atoms with Crippen molar-refractivity contribution in [2.75, 3.05) is 20.0 Å². The number of thiophene rings is 1. The molecule has 2 heterocycles. The van der Waals surface area contributed by atoms with Crippen LogP contribution in [0.15, 0.2) is 57.5 Å². The monoisotopic (exact) mass is 592 g/mol. The van der Waals surface area contributed by atoms with Gasteiger partial charge in [0.15, 0.2) is 16.7 Å². The minimum Gasteiger partial charge on any atom is -0.493 e. The van der Waals surface area contributed by atoms with Crippen molar-refractivity contribution in [2.24, 2.45) is 5.10 Å². The van der Waals surface area contributed by atoms with Crippen LogP contribution in [0.4, 0.5) is 0 Å². The molecule has 10 nitrogen and oxygen atoms in total. The van der Waals surface area contributed by atoms with Crippen molar-refractivity contribution in [3.05, 3.63) is 68.8 Å². The lowest BCUT2D eigenvalue weighted by Crippen LogP contribution is -2.24. The average molecular weight is 593 g/mol. The van der Waals surface area contributed by atoms with Gasteiger partial charge >= 0.3 is 5.97 Å². The first-order chi connectivity index (χ1) is 19.9. The summed E-state index contributed by atoms with van der Waals surface area (Å²) in [5, 5.41) is 5.18. The van der Waals surface area contributed by atoms with Gasteiger partial charge in [0.25, 0.3) is 11.5 Å². The third-order valence-corrected chi connectivity index (χ3v) is 8.56. The molecule has 0 radical (unpaired) electrons. The van der Waals surface area contributed by atoms with E-state index in [2.05, 4.69) is 10.5 Å². The van der Waals surface area contributed by atoms with E-state index in [0.717, 1.165) is 36.1 Å². The molecule has 1 aliphatic carbocycles. The minimum atomic E-state index is -0.516. The molecule has 212 valence electrons. The van der Waals surface area contributed by atoms with Crippen LogP contribution in [0.1, 0.15) is 35.8 Å². The molecule has 2 aromatic carbocycles. The third kappa shape index (κ3) is 6.13. The highest BCUT2D eigenvalue weighted by atomic mass is 32.2. The summed E-state index contributed by atoms with van der Waals surface area (Å²) < 4.78 is 17.4. The van der Waals surface area contributed by atoms with Crippen LogP contribution in [0.2, 0.25) is 0 Å². The quantitative estimate of drug-likeness (QED) is 0.0753. The SMILES string of the molecule is COc1cc(/C=N\NC(=O)CSc2nc3sc4c(c3c(=O)n2-c2ccccc2)CCCC4)cc(OC)c1OC(C)=O. The first-order valence-corrected chi connectivity index (χ1v) is 14.7. The maximum absolute atomic E-state index is 13.8. The second kappa shape index (κ2) is 12.6. The Labute approximate surface area is 244 Å². The summed E-state index contributed by atoms with van der Waals surface area (Å²) in [5.74, 6) is -0.192. The predicted octanol–water partition coefficient (Wildman–Crippen LogP) is 4.51. The van der Waals surface area contributed by atoms with Crippen LogP contribution in [0, 0.1) is 0 Å². The first-order valence-electron chi connectivity index (χ1n) is 12.9. The van der Waals surface area contributed by atoms with Crippen molar-refractivity contribution in [1.82, 2.24) is 15.0 Å². The summed E-state index contributed by atoms with van der Waals surface area (Å²) in [6.07, 6.45) is 5.46. The fourth-order valence-corrected chi connectivity index (χ4v) is 6.76. The van der Waals surface area contributed by atoms with Crippen LogP contribution in [0.5, 0.6) is 17.2 Å². The number of hydrogen-bond donors (Lipinski definition) is 1. The Morgan fingerprint density at radius 2 is 1.83 bits per heavy atom. The topological polar surface area (TPSA) is 121 Å². The lowest BCUT2D eigenvalue weighted by atomic mass is 9.97. The van der Waals surface area contributed by atoms with Gasteiger partial charge in [0.1, 0.15) is 4.83 Å². The molecular formula is C29H28N4O6S2. The van der Waals surface area contributed by atoms with Crippen molar-refractivity contribution in [3.8, 4) is 22.9 Å². The minimum absolute atomic E-state index is 0.00869. The molecule has 1 amide bonds. The molecule has 1 N–H and O–H groups in total. The Hall–Kier alpha value is -4.16. The van der Waals surface area contributed by atoms with E-state index in [1.54, 1.807) is 28.0 Å². The average Bonchev–Trinajstić information content (AvgIpc) is 3.35. The van der Waals surface area contributed by atoms with Crippen molar-refractivity contribution < 1.29 is 23.8 Å². The maximum atomic E-state index is 13.8. The van der Waals surface area contributed by atoms with Gasteiger partial charge in [0.05, 0.1) is 37.3 Å². The van der Waals surface area contributed by atoms with Crippen molar-refractivity contribution >= 4 is 51.4 Å². The van der Waals surface area contributed by atoms with Gasteiger partial charge in [-0.1, -0.05) is 30.0 Å². The summed E-state index contributed by atoms with van der Waals surface area (Å²) in [4.78, 5) is 44.8. The van der Waals surface area contributed by atoms with E-state index in [1.807, 2.05) is 30.3 Å². The summed E-state index contributed by atoms with van der Waals surface area (Å²) in [6.45, 7) is 1.28. The number of para-hydroxylation sites is 1. The molecule has 0 saturated carbocycles. The van der Waals surface area contributed by atoms with E-state index in [1.165, 1.54) is 44.0 Å². The number of esters is 1. The molecule has 1 aliphatic rings. The molecule has 5 rings (SSSR count). The molecule has 41 heavy (non-hydrogen) atoms. The lowest BCUT2D eigenvalue weighted by molar-refractivity contribution is -0.132. The molecule has 0 saturated heterocycles. The number of hydrazone groups is 1. The van der Waals surface area contributed by atoms with Gasteiger partial charge in [-0.05, 0) is 55.5 Å². The van der Waals surface area contributed by atoms with Crippen LogP contribution >= 0.6 is 23.1 Å². The number of benzene rings is 2.